The zero-order valence-electron chi connectivity index (χ0n) is 21.3. The molecule has 0 radical (unpaired) electrons. The number of piperazine rings is 1. The first kappa shape index (κ1) is 24.1. The van der Waals surface area contributed by atoms with E-state index in [0.717, 1.165) is 18.9 Å². The Bertz CT molecular complexity index is 1610. The van der Waals surface area contributed by atoms with Gasteiger partial charge in [0.2, 0.25) is 5.78 Å². The van der Waals surface area contributed by atoms with Crippen LogP contribution in [0.2, 0.25) is 0 Å². The van der Waals surface area contributed by atoms with Crippen LogP contribution in [0.1, 0.15) is 24.3 Å². The summed E-state index contributed by atoms with van der Waals surface area (Å²) in [5, 5.41) is 1.48. The van der Waals surface area contributed by atoms with E-state index in [-0.39, 0.29) is 12.4 Å². The second kappa shape index (κ2) is 9.35. The van der Waals surface area contributed by atoms with Crippen molar-refractivity contribution in [3.8, 4) is 0 Å². The van der Waals surface area contributed by atoms with Gasteiger partial charge in [-0.1, -0.05) is 0 Å². The van der Waals surface area contributed by atoms with Crippen molar-refractivity contribution in [3.05, 3.63) is 70.2 Å². The number of nitrogens with two attached hydrogens (primary N) is 1. The number of rotatable bonds is 7. The first-order valence-electron chi connectivity index (χ1n) is 13.2. The molecule has 0 amide bonds. The molecule has 0 unspecified atom stereocenters. The lowest BCUT2D eigenvalue weighted by atomic mass is 10.2. The molecule has 2 aliphatic heterocycles. The summed E-state index contributed by atoms with van der Waals surface area (Å²) in [6, 6.07) is 7.33. The molecule has 1 aliphatic carbocycles. The largest absolute Gasteiger partial charge is 0.463 e. The van der Waals surface area contributed by atoms with Crippen LogP contribution in [-0.4, -0.2) is 68.8 Å². The molecular formula is C26H29F2N9O2. The predicted molar refractivity (Wildman–Crippen MR) is 141 cm³/mol. The first-order chi connectivity index (χ1) is 19.0. The highest BCUT2D eigenvalue weighted by atomic mass is 19.1. The van der Waals surface area contributed by atoms with Crippen LogP contribution < -0.4 is 21.4 Å². The number of halogens is 2. The van der Waals surface area contributed by atoms with Gasteiger partial charge < -0.3 is 9.32 Å². The maximum absolute atomic E-state index is 14.3. The van der Waals surface area contributed by atoms with Crippen molar-refractivity contribution in [2.75, 3.05) is 49.3 Å². The minimum Gasteiger partial charge on any atom is -0.463 e. The molecule has 204 valence electrons. The van der Waals surface area contributed by atoms with Crippen molar-refractivity contribution in [2.24, 2.45) is 16.8 Å². The molecule has 4 aromatic rings. The van der Waals surface area contributed by atoms with E-state index in [1.807, 2.05) is 15.5 Å². The number of nitrogens with zero attached hydrogens (tertiary/aromatic N) is 8. The zero-order valence-corrected chi connectivity index (χ0v) is 21.3. The number of fused-ring (bicyclic) bond motifs is 3. The van der Waals surface area contributed by atoms with E-state index in [1.165, 1.54) is 17.1 Å². The fourth-order valence-electron chi connectivity index (χ4n) is 5.50. The van der Waals surface area contributed by atoms with Gasteiger partial charge in [0, 0.05) is 51.9 Å². The summed E-state index contributed by atoms with van der Waals surface area (Å²) in [5.41, 5.74) is 1.57. The molecule has 13 heteroatoms. The van der Waals surface area contributed by atoms with E-state index < -0.39 is 11.6 Å². The van der Waals surface area contributed by atoms with Crippen molar-refractivity contribution in [1.29, 1.82) is 0 Å². The normalized spacial score (nSPS) is 18.2. The predicted octanol–water partition coefficient (Wildman–Crippen LogP) is 1.89. The lowest BCUT2D eigenvalue weighted by Crippen LogP contribution is -2.47. The van der Waals surface area contributed by atoms with Crippen LogP contribution in [-0.2, 0) is 13.1 Å². The smallest absolute Gasteiger partial charge is 0.346 e. The lowest BCUT2D eigenvalue weighted by Gasteiger charge is -2.36. The molecule has 3 aliphatic rings. The van der Waals surface area contributed by atoms with E-state index in [9.17, 15) is 13.6 Å². The van der Waals surface area contributed by atoms with Crippen LogP contribution in [0.25, 0.3) is 5.78 Å². The molecule has 1 saturated carbocycles. The van der Waals surface area contributed by atoms with E-state index in [1.54, 1.807) is 21.6 Å². The molecule has 7 rings (SSSR count). The second-order valence-corrected chi connectivity index (χ2v) is 10.4. The van der Waals surface area contributed by atoms with Crippen molar-refractivity contribution in [1.82, 2.24) is 23.6 Å². The summed E-state index contributed by atoms with van der Waals surface area (Å²) in [6.07, 6.45) is 3.78. The SMILES string of the molecule is NN1CN=C(c2ccco2)c2c1nc1n(CCN3CCN(c4ccc(F)cc4F)CC3)c(=O)n(CC3CC3)n21. The van der Waals surface area contributed by atoms with Crippen molar-refractivity contribution < 1.29 is 13.2 Å². The van der Waals surface area contributed by atoms with Crippen molar-refractivity contribution in [2.45, 2.75) is 25.9 Å². The zero-order chi connectivity index (χ0) is 26.7. The molecule has 2 N–H and O–H groups in total. The summed E-state index contributed by atoms with van der Waals surface area (Å²) in [4.78, 5) is 27.3. The summed E-state index contributed by atoms with van der Waals surface area (Å²) in [6.45, 7) is 4.52. The van der Waals surface area contributed by atoms with Crippen molar-refractivity contribution in [3.63, 3.8) is 0 Å². The lowest BCUT2D eigenvalue weighted by molar-refractivity contribution is 0.247. The number of furan rings is 1. The van der Waals surface area contributed by atoms with E-state index >= 15 is 0 Å². The maximum Gasteiger partial charge on any atom is 0.346 e. The van der Waals surface area contributed by atoms with E-state index in [2.05, 4.69) is 9.89 Å². The average Bonchev–Trinajstić information content (AvgIpc) is 3.31. The molecule has 0 spiro atoms. The third-order valence-electron chi connectivity index (χ3n) is 7.78. The van der Waals surface area contributed by atoms with Gasteiger partial charge in [0.25, 0.3) is 0 Å². The molecule has 0 atom stereocenters. The minimum atomic E-state index is -0.582. The third kappa shape index (κ3) is 4.21. The summed E-state index contributed by atoms with van der Waals surface area (Å²) >= 11 is 0. The quantitative estimate of drug-likeness (QED) is 0.359. The Morgan fingerprint density at radius 1 is 1.08 bits per heavy atom. The summed E-state index contributed by atoms with van der Waals surface area (Å²) < 4.78 is 38.6. The summed E-state index contributed by atoms with van der Waals surface area (Å²) in [5.74, 6) is 7.27. The van der Waals surface area contributed by atoms with Gasteiger partial charge in [0.1, 0.15) is 29.7 Å². The van der Waals surface area contributed by atoms with Crippen LogP contribution >= 0.6 is 0 Å². The average molecular weight is 538 g/mol. The Balaban J connectivity index is 1.16. The van der Waals surface area contributed by atoms with Gasteiger partial charge in [0.05, 0.1) is 12.0 Å². The Hall–Kier alpha value is -3.97. The monoisotopic (exact) mass is 537 g/mol. The van der Waals surface area contributed by atoms with Gasteiger partial charge in [-0.3, -0.25) is 19.5 Å². The Labute approximate surface area is 222 Å². The highest BCUT2D eigenvalue weighted by Gasteiger charge is 2.33. The number of hydrazine groups is 1. The van der Waals surface area contributed by atoms with Gasteiger partial charge in [-0.05, 0) is 43.0 Å². The van der Waals surface area contributed by atoms with Gasteiger partial charge in [-0.15, -0.1) is 0 Å². The minimum absolute atomic E-state index is 0.118. The molecule has 1 saturated heterocycles. The molecule has 3 aromatic heterocycles. The first-order valence-corrected chi connectivity index (χ1v) is 13.2. The van der Waals surface area contributed by atoms with Gasteiger partial charge in [0.15, 0.2) is 11.6 Å². The molecule has 39 heavy (non-hydrogen) atoms. The number of imidazole rings is 1. The number of hydrogen-bond donors (Lipinski definition) is 1. The van der Waals surface area contributed by atoms with Crippen LogP contribution in [0.5, 0.6) is 0 Å². The van der Waals surface area contributed by atoms with Crippen LogP contribution in [0, 0.1) is 17.6 Å². The van der Waals surface area contributed by atoms with Gasteiger partial charge in [-0.25, -0.2) is 28.6 Å². The molecule has 0 bridgehead atoms. The molecule has 5 heterocycles. The van der Waals surface area contributed by atoms with Crippen LogP contribution in [0.4, 0.5) is 20.3 Å². The van der Waals surface area contributed by atoms with Crippen molar-refractivity contribution >= 4 is 23.0 Å². The topological polar surface area (TPSA) is 105 Å². The van der Waals surface area contributed by atoms with Gasteiger partial charge in [-0.2, -0.15) is 4.98 Å². The highest BCUT2D eigenvalue weighted by molar-refractivity contribution is 6.14. The van der Waals surface area contributed by atoms with Crippen LogP contribution in [0.3, 0.4) is 0 Å². The third-order valence-corrected chi connectivity index (χ3v) is 7.78. The highest BCUT2D eigenvalue weighted by Crippen LogP contribution is 2.32. The van der Waals surface area contributed by atoms with E-state index in [0.29, 0.717) is 86.2 Å². The molecule has 11 nitrogen and oxygen atoms in total. The number of hydrogen-bond acceptors (Lipinski definition) is 8. The fourth-order valence-corrected chi connectivity index (χ4v) is 5.50. The van der Waals surface area contributed by atoms with Gasteiger partial charge >= 0.3 is 5.69 Å². The Morgan fingerprint density at radius 2 is 1.90 bits per heavy atom. The standard InChI is InChI=1S/C26H29F2N9O2/c27-18-5-6-20(19(28)14-18)33-10-7-32(8-11-33)9-12-34-25-31-24-23(37(25)36(26(34)38)15-17-3-4-17)22(30-16-35(24)29)21-2-1-13-39-21/h1-2,5-6,13-14,17H,3-4,7-12,15-16,29H2. The molecule has 1 aromatic carbocycles. The second-order valence-electron chi connectivity index (χ2n) is 10.4. The maximum atomic E-state index is 14.3. The van der Waals surface area contributed by atoms with E-state index in [4.69, 9.17) is 15.2 Å². The fraction of sp³-hybridized carbons (Fsp3) is 0.423. The number of aromatic nitrogens is 4. The number of aliphatic imine (C=N–C) groups is 1. The summed E-state index contributed by atoms with van der Waals surface area (Å²) in [7, 11) is 0. The van der Waals surface area contributed by atoms with Crippen LogP contribution in [0.15, 0.2) is 50.8 Å². The number of benzene rings is 1. The molecular weight excluding hydrogens is 508 g/mol. The Kier molecular flexibility index (Phi) is 5.77. The number of anilines is 2. The Morgan fingerprint density at radius 3 is 2.62 bits per heavy atom. The molecule has 2 fully saturated rings.